The molecule has 0 saturated carbocycles. The van der Waals surface area contributed by atoms with Crippen molar-refractivity contribution in [2.24, 2.45) is 5.92 Å². The molecule has 1 heterocycles. The summed E-state index contributed by atoms with van der Waals surface area (Å²) in [5.74, 6) is -6.48. The molecule has 3 atom stereocenters. The van der Waals surface area contributed by atoms with E-state index in [4.69, 9.17) is 10.2 Å². The minimum Gasteiger partial charge on any atom is -0.481 e. The first-order valence-corrected chi connectivity index (χ1v) is 5.47. The van der Waals surface area contributed by atoms with Crippen LogP contribution in [-0.2, 0) is 14.4 Å². The zero-order chi connectivity index (χ0) is 14.7. The zero-order valence-corrected chi connectivity index (χ0v) is 9.70. The maximum Gasteiger partial charge on any atom is 0.329 e. The number of carbonyl (C=O) groups is 3. The van der Waals surface area contributed by atoms with Crippen LogP contribution in [0.15, 0.2) is 0 Å². The molecule has 2 unspecified atom stereocenters. The SMILES string of the molecule is O=C(O)C(CC(=O)N1CCC(O)[C@H]1C(=O)O)C(F)F. The molecule has 9 heteroatoms. The van der Waals surface area contributed by atoms with E-state index in [0.29, 0.717) is 0 Å². The number of likely N-dealkylation sites (tertiary alicyclic amines) is 1. The second-order valence-electron chi connectivity index (χ2n) is 4.21. The van der Waals surface area contributed by atoms with Gasteiger partial charge in [-0.3, -0.25) is 9.59 Å². The van der Waals surface area contributed by atoms with Crippen LogP contribution in [0.3, 0.4) is 0 Å². The fourth-order valence-electron chi connectivity index (χ4n) is 1.94. The molecule has 19 heavy (non-hydrogen) atoms. The second-order valence-corrected chi connectivity index (χ2v) is 4.21. The van der Waals surface area contributed by atoms with E-state index in [1.807, 2.05) is 0 Å². The number of aliphatic hydroxyl groups excluding tert-OH is 1. The standard InChI is InChI=1S/C10H13F2NO6/c11-8(12)4(9(16)17)3-6(15)13-2-1-5(14)7(13)10(18)19/h4-5,7-8,14H,1-3H2,(H,16,17)(H,18,19)/t4?,5?,7-/m0/s1. The highest BCUT2D eigenvalue weighted by Gasteiger charge is 2.42. The Bertz CT molecular complexity index is 388. The van der Waals surface area contributed by atoms with Gasteiger partial charge in [0.25, 0.3) is 6.43 Å². The van der Waals surface area contributed by atoms with Crippen LogP contribution in [-0.4, -0.2) is 63.2 Å². The largest absolute Gasteiger partial charge is 0.481 e. The molecular formula is C10H13F2NO6. The normalized spacial score (nSPS) is 24.5. The van der Waals surface area contributed by atoms with Crippen molar-refractivity contribution in [3.63, 3.8) is 0 Å². The predicted octanol–water partition coefficient (Wildman–Crippen LogP) is -0.611. The van der Waals surface area contributed by atoms with Gasteiger partial charge in [0.1, 0.15) is 5.92 Å². The highest BCUT2D eigenvalue weighted by molar-refractivity contribution is 5.87. The molecule has 0 aliphatic carbocycles. The van der Waals surface area contributed by atoms with Gasteiger partial charge in [-0.25, -0.2) is 13.6 Å². The quantitative estimate of drug-likeness (QED) is 0.619. The van der Waals surface area contributed by atoms with Crippen LogP contribution in [0.1, 0.15) is 12.8 Å². The Morgan fingerprint density at radius 1 is 1.26 bits per heavy atom. The number of aliphatic hydroxyl groups is 1. The Morgan fingerprint density at radius 3 is 2.26 bits per heavy atom. The van der Waals surface area contributed by atoms with Gasteiger partial charge in [0.2, 0.25) is 5.91 Å². The lowest BCUT2D eigenvalue weighted by atomic mass is 10.1. The van der Waals surface area contributed by atoms with E-state index in [-0.39, 0.29) is 13.0 Å². The minimum absolute atomic E-state index is 0.00905. The van der Waals surface area contributed by atoms with Crippen molar-refractivity contribution in [2.75, 3.05) is 6.54 Å². The molecule has 0 aromatic rings. The van der Waals surface area contributed by atoms with Gasteiger partial charge < -0.3 is 20.2 Å². The van der Waals surface area contributed by atoms with Crippen molar-refractivity contribution in [2.45, 2.75) is 31.4 Å². The maximum absolute atomic E-state index is 12.4. The minimum atomic E-state index is -3.22. The van der Waals surface area contributed by atoms with Crippen LogP contribution in [0.25, 0.3) is 0 Å². The van der Waals surface area contributed by atoms with Crippen molar-refractivity contribution < 1.29 is 38.5 Å². The first-order valence-electron chi connectivity index (χ1n) is 5.47. The van der Waals surface area contributed by atoms with Crippen LogP contribution in [0.2, 0.25) is 0 Å². The molecule has 0 spiro atoms. The third-order valence-corrected chi connectivity index (χ3v) is 2.96. The topological polar surface area (TPSA) is 115 Å². The van der Waals surface area contributed by atoms with Crippen molar-refractivity contribution in [1.82, 2.24) is 4.90 Å². The number of rotatable bonds is 5. The summed E-state index contributed by atoms with van der Waals surface area (Å²) in [6.45, 7) is -0.105. The Hall–Kier alpha value is -1.77. The summed E-state index contributed by atoms with van der Waals surface area (Å²) in [6.07, 6.45) is -5.49. The van der Waals surface area contributed by atoms with Gasteiger partial charge in [0.05, 0.1) is 6.10 Å². The van der Waals surface area contributed by atoms with Gasteiger partial charge in [0.15, 0.2) is 6.04 Å². The van der Waals surface area contributed by atoms with E-state index in [1.54, 1.807) is 0 Å². The van der Waals surface area contributed by atoms with Gasteiger partial charge >= 0.3 is 11.9 Å². The lowest BCUT2D eigenvalue weighted by molar-refractivity contribution is -0.155. The molecule has 1 aliphatic heterocycles. The lowest BCUT2D eigenvalue weighted by Gasteiger charge is -2.24. The highest BCUT2D eigenvalue weighted by Crippen LogP contribution is 2.22. The van der Waals surface area contributed by atoms with Crippen LogP contribution in [0.5, 0.6) is 0 Å². The van der Waals surface area contributed by atoms with E-state index >= 15 is 0 Å². The molecule has 0 bridgehead atoms. The summed E-state index contributed by atoms with van der Waals surface area (Å²) in [5.41, 5.74) is 0. The first-order chi connectivity index (χ1) is 8.75. The smallest absolute Gasteiger partial charge is 0.329 e. The number of alkyl halides is 2. The van der Waals surface area contributed by atoms with E-state index in [2.05, 4.69) is 0 Å². The third kappa shape index (κ3) is 3.37. The van der Waals surface area contributed by atoms with Crippen LogP contribution in [0.4, 0.5) is 8.78 Å². The zero-order valence-electron chi connectivity index (χ0n) is 9.70. The number of carboxylic acid groups (broad SMARTS) is 2. The monoisotopic (exact) mass is 281 g/mol. The summed E-state index contributed by atoms with van der Waals surface area (Å²) >= 11 is 0. The van der Waals surface area contributed by atoms with Gasteiger partial charge in [0, 0.05) is 13.0 Å². The number of carbonyl (C=O) groups excluding carboxylic acids is 1. The Kier molecular flexibility index (Phi) is 4.76. The summed E-state index contributed by atoms with van der Waals surface area (Å²) in [5, 5.41) is 26.8. The Balaban J connectivity index is 2.77. The number of amides is 1. The van der Waals surface area contributed by atoms with Crippen LogP contribution in [0, 0.1) is 5.92 Å². The van der Waals surface area contributed by atoms with Crippen molar-refractivity contribution in [3.05, 3.63) is 0 Å². The van der Waals surface area contributed by atoms with E-state index in [0.717, 1.165) is 4.90 Å². The van der Waals surface area contributed by atoms with Gasteiger partial charge in [-0.05, 0) is 6.42 Å². The molecule has 3 N–H and O–H groups in total. The molecule has 0 aromatic heterocycles. The average molecular weight is 281 g/mol. The number of hydrogen-bond acceptors (Lipinski definition) is 4. The Labute approximate surface area is 106 Å². The first kappa shape index (κ1) is 15.3. The van der Waals surface area contributed by atoms with Gasteiger partial charge in [-0.2, -0.15) is 0 Å². The van der Waals surface area contributed by atoms with Crippen molar-refractivity contribution in [1.29, 1.82) is 0 Å². The van der Waals surface area contributed by atoms with Gasteiger partial charge in [-0.1, -0.05) is 0 Å². The summed E-state index contributed by atoms with van der Waals surface area (Å²) in [7, 11) is 0. The fourth-order valence-corrected chi connectivity index (χ4v) is 1.94. The molecule has 0 aromatic carbocycles. The fraction of sp³-hybridized carbons (Fsp3) is 0.700. The van der Waals surface area contributed by atoms with Crippen molar-refractivity contribution >= 4 is 17.8 Å². The lowest BCUT2D eigenvalue weighted by Crippen LogP contribution is -2.46. The number of hydrogen-bond donors (Lipinski definition) is 3. The van der Waals surface area contributed by atoms with Gasteiger partial charge in [-0.15, -0.1) is 0 Å². The van der Waals surface area contributed by atoms with Crippen LogP contribution >= 0.6 is 0 Å². The molecule has 1 aliphatic rings. The number of carboxylic acids is 2. The second kappa shape index (κ2) is 5.91. The molecule has 1 saturated heterocycles. The molecular weight excluding hydrogens is 268 g/mol. The van der Waals surface area contributed by atoms with E-state index < -0.39 is 48.8 Å². The molecule has 1 amide bonds. The van der Waals surface area contributed by atoms with Crippen LogP contribution < -0.4 is 0 Å². The summed E-state index contributed by atoms with van der Waals surface area (Å²) in [4.78, 5) is 33.8. The molecule has 1 fully saturated rings. The summed E-state index contributed by atoms with van der Waals surface area (Å²) in [6, 6.07) is -1.51. The number of nitrogens with zero attached hydrogens (tertiary/aromatic N) is 1. The third-order valence-electron chi connectivity index (χ3n) is 2.96. The van der Waals surface area contributed by atoms with E-state index in [1.165, 1.54) is 0 Å². The maximum atomic E-state index is 12.4. The predicted molar refractivity (Wildman–Crippen MR) is 55.5 cm³/mol. The molecule has 1 rings (SSSR count). The summed E-state index contributed by atoms with van der Waals surface area (Å²) < 4.78 is 24.8. The molecule has 0 radical (unpaired) electrons. The van der Waals surface area contributed by atoms with E-state index in [9.17, 15) is 28.3 Å². The molecule has 108 valence electrons. The highest BCUT2D eigenvalue weighted by atomic mass is 19.3. The Morgan fingerprint density at radius 2 is 1.84 bits per heavy atom. The molecule has 7 nitrogen and oxygen atoms in total. The number of aliphatic carboxylic acids is 2. The van der Waals surface area contributed by atoms with Crippen molar-refractivity contribution in [3.8, 4) is 0 Å². The number of halogens is 2. The average Bonchev–Trinajstić information content (AvgIpc) is 2.66.